The fourth-order valence-electron chi connectivity index (χ4n) is 3.09. The number of amides is 2. The summed E-state index contributed by atoms with van der Waals surface area (Å²) in [4.78, 5) is 23.3. The van der Waals surface area contributed by atoms with Gasteiger partial charge in [-0.15, -0.1) is 0 Å². The van der Waals surface area contributed by atoms with E-state index in [2.05, 4.69) is 34.9 Å². The predicted molar refractivity (Wildman–Crippen MR) is 97.8 cm³/mol. The van der Waals surface area contributed by atoms with Crippen molar-refractivity contribution in [3.8, 4) is 11.1 Å². The topological polar surface area (TPSA) is 67.4 Å². The molecule has 1 aliphatic carbocycles. The molecule has 5 nitrogen and oxygen atoms in total. The van der Waals surface area contributed by atoms with Crippen LogP contribution >= 0.6 is 0 Å². The van der Waals surface area contributed by atoms with E-state index in [1.807, 2.05) is 30.1 Å². The van der Waals surface area contributed by atoms with Crippen molar-refractivity contribution in [1.82, 2.24) is 10.6 Å². The van der Waals surface area contributed by atoms with Gasteiger partial charge in [0.2, 0.25) is 0 Å². The van der Waals surface area contributed by atoms with Crippen LogP contribution in [0, 0.1) is 0 Å². The molecule has 0 saturated carbocycles. The Hall–Kier alpha value is -2.30. The van der Waals surface area contributed by atoms with E-state index in [1.165, 1.54) is 22.3 Å². The molecule has 2 aromatic carbocycles. The Labute approximate surface area is 153 Å². The van der Waals surface area contributed by atoms with E-state index in [1.54, 1.807) is 6.92 Å². The molecule has 25 heavy (non-hydrogen) atoms. The Morgan fingerprint density at radius 3 is 2.16 bits per heavy atom. The van der Waals surface area contributed by atoms with Crippen LogP contribution in [0.25, 0.3) is 11.1 Å². The Kier molecular flexibility index (Phi) is 5.41. The summed E-state index contributed by atoms with van der Waals surface area (Å²) in [6.07, 6.45) is -0.983. The molecule has 0 fully saturated rings. The van der Waals surface area contributed by atoms with Crippen LogP contribution in [0.4, 0.5) is 9.59 Å². The van der Waals surface area contributed by atoms with Gasteiger partial charge >= 0.3 is 153 Å². The van der Waals surface area contributed by atoms with Crippen molar-refractivity contribution in [2.24, 2.45) is 0 Å². The van der Waals surface area contributed by atoms with E-state index >= 15 is 0 Å². The molecule has 1 atom stereocenters. The van der Waals surface area contributed by atoms with Gasteiger partial charge in [-0.25, -0.2) is 0 Å². The van der Waals surface area contributed by atoms with Gasteiger partial charge in [0.05, 0.1) is 0 Å². The molecular formula is C19H20N2O3Se. The number of rotatable bonds is 5. The number of fused-ring (bicyclic) bond motifs is 3. The number of nitrogens with one attached hydrogen (secondary N) is 2. The third kappa shape index (κ3) is 3.86. The van der Waals surface area contributed by atoms with Crippen LogP contribution < -0.4 is 10.6 Å². The summed E-state index contributed by atoms with van der Waals surface area (Å²) in [5, 5.41) is 5.33. The number of benzene rings is 2. The van der Waals surface area contributed by atoms with Crippen molar-refractivity contribution in [2.75, 3.05) is 6.61 Å². The summed E-state index contributed by atoms with van der Waals surface area (Å²) in [6, 6.07) is 16.4. The fourth-order valence-corrected chi connectivity index (χ4v) is 3.71. The van der Waals surface area contributed by atoms with Crippen LogP contribution in [0.2, 0.25) is 5.82 Å². The zero-order valence-corrected chi connectivity index (χ0v) is 15.8. The van der Waals surface area contributed by atoms with Crippen molar-refractivity contribution >= 4 is 25.9 Å². The molecule has 2 aromatic rings. The molecule has 0 aromatic heterocycles. The van der Waals surface area contributed by atoms with Crippen LogP contribution in [0.5, 0.6) is 0 Å². The Morgan fingerprint density at radius 2 is 1.60 bits per heavy atom. The summed E-state index contributed by atoms with van der Waals surface area (Å²) < 4.78 is 5.43. The van der Waals surface area contributed by atoms with Crippen molar-refractivity contribution < 1.29 is 14.3 Å². The summed E-state index contributed by atoms with van der Waals surface area (Å²) in [6.45, 7) is 1.98. The molecule has 0 aliphatic heterocycles. The predicted octanol–water partition coefficient (Wildman–Crippen LogP) is 3.33. The van der Waals surface area contributed by atoms with E-state index in [0.717, 1.165) is 0 Å². The summed E-state index contributed by atoms with van der Waals surface area (Å²) in [5.74, 6) is 1.85. The third-order valence-corrected chi connectivity index (χ3v) is 5.22. The first-order chi connectivity index (χ1) is 12.1. The fraction of sp³-hybridized carbons (Fsp3) is 0.263. The number of ether oxygens (including phenoxy) is 1. The van der Waals surface area contributed by atoms with E-state index in [0.29, 0.717) is 0 Å². The Morgan fingerprint density at radius 1 is 1.04 bits per heavy atom. The number of carbonyl (C=O) groups excluding carboxylic acids is 2. The van der Waals surface area contributed by atoms with Gasteiger partial charge in [0.1, 0.15) is 0 Å². The minimum absolute atomic E-state index is 0.0297. The molecule has 0 bridgehead atoms. The monoisotopic (exact) mass is 404 g/mol. The molecule has 0 unspecified atom stereocenters. The summed E-state index contributed by atoms with van der Waals surface area (Å²) in [5.41, 5.74) is 4.73. The second-order valence-corrected chi connectivity index (χ2v) is 7.46. The van der Waals surface area contributed by atoms with Crippen molar-refractivity contribution in [3.63, 3.8) is 0 Å². The average Bonchev–Trinajstić information content (AvgIpc) is 2.93. The van der Waals surface area contributed by atoms with Gasteiger partial charge in [0.15, 0.2) is 0 Å². The average molecular weight is 403 g/mol. The Bertz CT molecular complexity index is 748. The van der Waals surface area contributed by atoms with Crippen LogP contribution in [0.15, 0.2) is 48.5 Å². The third-order valence-electron chi connectivity index (χ3n) is 4.20. The normalized spacial score (nSPS) is 13.5. The van der Waals surface area contributed by atoms with Gasteiger partial charge in [0, 0.05) is 0 Å². The zero-order valence-electron chi connectivity index (χ0n) is 14.1. The van der Waals surface area contributed by atoms with Gasteiger partial charge < -0.3 is 0 Å². The standard InChI is InChI=1S/C19H20N2O3Se/c1-12(21-19(23)25-2)20-18(22)24-11-17-15-9-5-3-7-13(15)14-8-4-6-10-16(14)17/h3-10,12,17H,11H2,1-2H3,(H,20,22)(H,21,23)/t12-/m1/s1. The van der Waals surface area contributed by atoms with Crippen molar-refractivity contribution in [3.05, 3.63) is 59.7 Å². The molecular weight excluding hydrogens is 383 g/mol. The molecule has 0 saturated heterocycles. The molecule has 3 rings (SSSR count). The number of carbonyl (C=O) groups is 2. The molecule has 6 heteroatoms. The van der Waals surface area contributed by atoms with Gasteiger partial charge in [-0.1, -0.05) is 0 Å². The van der Waals surface area contributed by atoms with Gasteiger partial charge in [-0.3, -0.25) is 0 Å². The summed E-state index contributed by atoms with van der Waals surface area (Å²) in [7, 11) is 0. The van der Waals surface area contributed by atoms with Crippen molar-refractivity contribution in [1.29, 1.82) is 0 Å². The first-order valence-electron chi connectivity index (χ1n) is 8.06. The van der Waals surface area contributed by atoms with Crippen LogP contribution in [0.3, 0.4) is 0 Å². The second kappa shape index (κ2) is 7.72. The SMILES string of the molecule is C[Se]C(=O)N[C@H](C)NC(=O)OCC1c2ccccc2-c2ccccc21. The van der Waals surface area contributed by atoms with Crippen LogP contribution in [-0.2, 0) is 4.74 Å². The maximum absolute atomic E-state index is 12.0. The molecule has 0 heterocycles. The second-order valence-electron chi connectivity index (χ2n) is 5.83. The number of hydrogen-bond donors (Lipinski definition) is 2. The quantitative estimate of drug-likeness (QED) is 0.595. The number of alkyl carbamates (subject to hydrolysis) is 1. The van der Waals surface area contributed by atoms with Gasteiger partial charge in [0.25, 0.3) is 0 Å². The number of hydrogen-bond acceptors (Lipinski definition) is 3. The van der Waals surface area contributed by atoms with Gasteiger partial charge in [-0.2, -0.15) is 0 Å². The maximum atomic E-state index is 12.0. The molecule has 1 aliphatic rings. The molecule has 0 radical (unpaired) electrons. The molecule has 2 N–H and O–H groups in total. The summed E-state index contributed by atoms with van der Waals surface area (Å²) >= 11 is -0.142. The minimum atomic E-state index is -0.529. The van der Waals surface area contributed by atoms with E-state index in [9.17, 15) is 9.59 Å². The molecule has 0 spiro atoms. The van der Waals surface area contributed by atoms with E-state index < -0.39 is 12.3 Å². The first-order valence-corrected chi connectivity index (χ1v) is 10.6. The van der Waals surface area contributed by atoms with Gasteiger partial charge in [-0.05, 0) is 0 Å². The zero-order chi connectivity index (χ0) is 17.8. The first kappa shape index (κ1) is 17.5. The van der Waals surface area contributed by atoms with E-state index in [4.69, 9.17) is 4.74 Å². The van der Waals surface area contributed by atoms with Crippen LogP contribution in [0.1, 0.15) is 24.0 Å². The molecule has 130 valence electrons. The molecule has 2 amide bonds. The van der Waals surface area contributed by atoms with Crippen molar-refractivity contribution in [2.45, 2.75) is 24.8 Å². The van der Waals surface area contributed by atoms with E-state index in [-0.39, 0.29) is 32.3 Å². The Balaban J connectivity index is 1.65. The van der Waals surface area contributed by atoms with Crippen LogP contribution in [-0.4, -0.2) is 38.6 Å².